The highest BCUT2D eigenvalue weighted by Crippen LogP contribution is 2.30. The zero-order chi connectivity index (χ0) is 22.5. The number of hydrogen-bond acceptors (Lipinski definition) is 8. The van der Waals surface area contributed by atoms with Gasteiger partial charge in [-0.15, -0.1) is 5.10 Å². The Morgan fingerprint density at radius 2 is 1.97 bits per heavy atom. The molecule has 0 radical (unpaired) electrons. The van der Waals surface area contributed by atoms with Crippen LogP contribution >= 0.6 is 0 Å². The highest BCUT2D eigenvalue weighted by atomic mass is 16.5. The molecular formula is C22H23N7O3. The third-order valence-electron chi connectivity index (χ3n) is 4.66. The number of carbonyl (C=O) groups is 1. The first-order valence-electron chi connectivity index (χ1n) is 10.1. The number of aromatic nitrogens is 5. The Morgan fingerprint density at radius 3 is 2.75 bits per heavy atom. The Labute approximate surface area is 184 Å². The molecule has 0 unspecified atom stereocenters. The van der Waals surface area contributed by atoms with E-state index in [1.54, 1.807) is 43.1 Å². The lowest BCUT2D eigenvalue weighted by molar-refractivity contribution is 0.0949. The summed E-state index contributed by atoms with van der Waals surface area (Å²) in [5.41, 5.74) is 2.72. The lowest BCUT2D eigenvalue weighted by Gasteiger charge is -2.08. The minimum Gasteiger partial charge on any atom is -0.491 e. The van der Waals surface area contributed by atoms with E-state index in [2.05, 4.69) is 30.7 Å². The lowest BCUT2D eigenvalue weighted by atomic mass is 10.1. The zero-order valence-electron chi connectivity index (χ0n) is 18.0. The van der Waals surface area contributed by atoms with Crippen LogP contribution in [-0.4, -0.2) is 51.2 Å². The van der Waals surface area contributed by atoms with Crippen molar-refractivity contribution in [2.24, 2.45) is 0 Å². The summed E-state index contributed by atoms with van der Waals surface area (Å²) in [7, 11) is 3.11. The van der Waals surface area contributed by atoms with Gasteiger partial charge in [0.1, 0.15) is 11.5 Å². The van der Waals surface area contributed by atoms with Gasteiger partial charge in [0, 0.05) is 24.5 Å². The normalized spacial score (nSPS) is 10.7. The molecule has 4 rings (SSSR count). The fraction of sp³-hybridized carbons (Fsp3) is 0.227. The maximum absolute atomic E-state index is 12.1. The number of anilines is 2. The summed E-state index contributed by atoms with van der Waals surface area (Å²) < 4.78 is 12.2. The first kappa shape index (κ1) is 21.0. The fourth-order valence-electron chi connectivity index (χ4n) is 3.08. The van der Waals surface area contributed by atoms with Crippen LogP contribution in [0.2, 0.25) is 0 Å². The number of carbonyl (C=O) groups excluding carboxylic acids is 1. The third-order valence-corrected chi connectivity index (χ3v) is 4.66. The van der Waals surface area contributed by atoms with Gasteiger partial charge >= 0.3 is 0 Å². The highest BCUT2D eigenvalue weighted by molar-refractivity contribution is 5.92. The molecule has 0 atom stereocenters. The number of nitrogens with zero attached hydrogens (tertiary/aromatic N) is 5. The van der Waals surface area contributed by atoms with E-state index in [0.717, 1.165) is 17.5 Å². The van der Waals surface area contributed by atoms with Gasteiger partial charge in [0.15, 0.2) is 11.4 Å². The fourth-order valence-corrected chi connectivity index (χ4v) is 3.08. The molecule has 2 N–H and O–H groups in total. The molecule has 0 bridgehead atoms. The highest BCUT2D eigenvalue weighted by Gasteiger charge is 2.12. The second kappa shape index (κ2) is 9.29. The molecule has 32 heavy (non-hydrogen) atoms. The van der Waals surface area contributed by atoms with E-state index >= 15 is 0 Å². The molecule has 1 amide bonds. The van der Waals surface area contributed by atoms with Crippen molar-refractivity contribution >= 4 is 23.3 Å². The van der Waals surface area contributed by atoms with Crippen LogP contribution in [0.4, 0.5) is 11.8 Å². The molecule has 4 heterocycles. The van der Waals surface area contributed by atoms with Crippen molar-refractivity contribution in [3.05, 3.63) is 54.5 Å². The van der Waals surface area contributed by atoms with E-state index < -0.39 is 0 Å². The van der Waals surface area contributed by atoms with Crippen LogP contribution in [0.3, 0.4) is 0 Å². The Balaban J connectivity index is 1.57. The number of ether oxygens (including phenoxy) is 2. The minimum absolute atomic E-state index is 0.216. The molecule has 4 aromatic rings. The van der Waals surface area contributed by atoms with E-state index in [1.165, 1.54) is 0 Å². The van der Waals surface area contributed by atoms with Crippen LogP contribution in [0.1, 0.15) is 23.8 Å². The summed E-state index contributed by atoms with van der Waals surface area (Å²) in [5, 5.41) is 10.3. The van der Waals surface area contributed by atoms with Crippen LogP contribution in [0.15, 0.2) is 48.8 Å². The number of methoxy groups -OCH3 is 2. The summed E-state index contributed by atoms with van der Waals surface area (Å²) in [6, 6.07) is 10.8. The van der Waals surface area contributed by atoms with Crippen LogP contribution < -0.4 is 20.1 Å². The van der Waals surface area contributed by atoms with Gasteiger partial charge in [-0.25, -0.2) is 14.5 Å². The van der Waals surface area contributed by atoms with Gasteiger partial charge in [0.25, 0.3) is 11.8 Å². The van der Waals surface area contributed by atoms with Crippen molar-refractivity contribution < 1.29 is 14.3 Å². The summed E-state index contributed by atoms with van der Waals surface area (Å²) in [6.07, 6.45) is 4.37. The average Bonchev–Trinajstić information content (AvgIpc) is 3.23. The van der Waals surface area contributed by atoms with Crippen LogP contribution in [0, 0.1) is 0 Å². The van der Waals surface area contributed by atoms with Crippen LogP contribution in [0.25, 0.3) is 16.8 Å². The lowest BCUT2D eigenvalue weighted by Crippen LogP contribution is -2.25. The first-order valence-corrected chi connectivity index (χ1v) is 10.1. The zero-order valence-corrected chi connectivity index (χ0v) is 18.0. The van der Waals surface area contributed by atoms with Crippen LogP contribution in [-0.2, 0) is 0 Å². The molecule has 0 aliphatic rings. The first-order chi connectivity index (χ1) is 15.6. The Kier molecular flexibility index (Phi) is 6.11. The number of nitrogens with one attached hydrogen (secondary N) is 2. The van der Waals surface area contributed by atoms with E-state index in [4.69, 9.17) is 9.47 Å². The number of amides is 1. The SMILES string of the molecule is CCCNC(=O)c1cccc(Nc2nc3cc(-c4cnc(OC)c(OC)c4)ccn3n2)n1. The predicted molar refractivity (Wildman–Crippen MR) is 119 cm³/mol. The molecular weight excluding hydrogens is 410 g/mol. The van der Waals surface area contributed by atoms with Gasteiger partial charge in [-0.2, -0.15) is 4.98 Å². The van der Waals surface area contributed by atoms with Crippen molar-refractivity contribution in [1.82, 2.24) is 29.9 Å². The molecule has 0 spiro atoms. The smallest absolute Gasteiger partial charge is 0.269 e. The Morgan fingerprint density at radius 1 is 1.09 bits per heavy atom. The number of fused-ring (bicyclic) bond motifs is 1. The molecule has 164 valence electrons. The monoisotopic (exact) mass is 433 g/mol. The molecule has 10 heteroatoms. The average molecular weight is 433 g/mol. The topological polar surface area (TPSA) is 116 Å². The second-order valence-electron chi connectivity index (χ2n) is 6.88. The molecule has 0 fully saturated rings. The van der Waals surface area contributed by atoms with Gasteiger partial charge in [-0.1, -0.05) is 13.0 Å². The molecule has 10 nitrogen and oxygen atoms in total. The van der Waals surface area contributed by atoms with Gasteiger partial charge in [-0.05, 0) is 42.3 Å². The quantitative estimate of drug-likeness (QED) is 0.436. The van der Waals surface area contributed by atoms with Gasteiger partial charge in [0.05, 0.1) is 14.2 Å². The molecule has 0 saturated carbocycles. The van der Waals surface area contributed by atoms with Gasteiger partial charge < -0.3 is 20.1 Å². The van der Waals surface area contributed by atoms with Crippen LogP contribution in [0.5, 0.6) is 11.6 Å². The van der Waals surface area contributed by atoms with E-state index in [1.807, 2.05) is 31.3 Å². The molecule has 0 aliphatic carbocycles. The van der Waals surface area contributed by atoms with E-state index in [9.17, 15) is 4.79 Å². The van der Waals surface area contributed by atoms with Crippen molar-refractivity contribution in [1.29, 1.82) is 0 Å². The molecule has 0 aromatic carbocycles. The predicted octanol–water partition coefficient (Wildman–Crippen LogP) is 3.09. The minimum atomic E-state index is -0.216. The maximum atomic E-state index is 12.1. The van der Waals surface area contributed by atoms with Crippen molar-refractivity contribution in [3.63, 3.8) is 0 Å². The van der Waals surface area contributed by atoms with Crippen molar-refractivity contribution in [2.75, 3.05) is 26.1 Å². The van der Waals surface area contributed by atoms with Crippen molar-refractivity contribution in [3.8, 4) is 22.8 Å². The third kappa shape index (κ3) is 4.43. The number of hydrogen-bond donors (Lipinski definition) is 2. The standard InChI is InChI=1S/C22H23N7O3/c1-4-9-23-20(30)16-6-5-7-18(25-16)26-22-27-19-12-14(8-10-29(19)28-22)15-11-17(31-2)21(32-3)24-13-15/h5-8,10-13H,4,9H2,1-3H3,(H,23,30)(H,25,26,28). The number of pyridine rings is 3. The number of rotatable bonds is 8. The van der Waals surface area contributed by atoms with Crippen molar-refractivity contribution in [2.45, 2.75) is 13.3 Å². The Hall–Kier alpha value is -4.21. The molecule has 4 aromatic heterocycles. The summed E-state index contributed by atoms with van der Waals surface area (Å²) >= 11 is 0. The summed E-state index contributed by atoms with van der Waals surface area (Å²) in [6.45, 7) is 2.60. The molecule has 0 aliphatic heterocycles. The van der Waals surface area contributed by atoms with Gasteiger partial charge in [-0.3, -0.25) is 4.79 Å². The summed E-state index contributed by atoms with van der Waals surface area (Å²) in [5.74, 6) is 1.60. The summed E-state index contributed by atoms with van der Waals surface area (Å²) in [4.78, 5) is 25.3. The maximum Gasteiger partial charge on any atom is 0.269 e. The molecule has 0 saturated heterocycles. The van der Waals surface area contributed by atoms with E-state index in [0.29, 0.717) is 41.3 Å². The van der Waals surface area contributed by atoms with E-state index in [-0.39, 0.29) is 5.91 Å². The largest absolute Gasteiger partial charge is 0.491 e. The second-order valence-corrected chi connectivity index (χ2v) is 6.88. The Bertz CT molecular complexity index is 1260. The van der Waals surface area contributed by atoms with Gasteiger partial charge in [0.2, 0.25) is 5.95 Å².